The average Bonchev–Trinajstić information content (AvgIpc) is 2.41. The van der Waals surface area contributed by atoms with Gasteiger partial charge in [0.25, 0.3) is 0 Å². The van der Waals surface area contributed by atoms with Gasteiger partial charge in [-0.1, -0.05) is 31.2 Å². The van der Waals surface area contributed by atoms with E-state index in [9.17, 15) is 9.50 Å². The van der Waals surface area contributed by atoms with Crippen LogP contribution in [0, 0.1) is 12.7 Å². The molecule has 2 aromatic carbocycles. The number of phenolic OH excluding ortho intramolecular Hbond substituents is 1. The summed E-state index contributed by atoms with van der Waals surface area (Å²) < 4.78 is 13.5. The van der Waals surface area contributed by atoms with Gasteiger partial charge in [0.2, 0.25) is 0 Å². The molecular formula is C16H18FNO. The van der Waals surface area contributed by atoms with E-state index >= 15 is 0 Å². The molecule has 0 aliphatic carbocycles. The van der Waals surface area contributed by atoms with E-state index in [0.717, 1.165) is 17.7 Å². The first-order chi connectivity index (χ1) is 9.11. The van der Waals surface area contributed by atoms with Crippen LogP contribution in [0.5, 0.6) is 5.75 Å². The molecule has 0 aliphatic rings. The fourth-order valence-corrected chi connectivity index (χ4v) is 2.07. The van der Waals surface area contributed by atoms with Crippen LogP contribution >= 0.6 is 0 Å². The van der Waals surface area contributed by atoms with Gasteiger partial charge in [-0.25, -0.2) is 4.39 Å². The number of para-hydroxylation sites is 1. The quantitative estimate of drug-likeness (QED) is 0.852. The minimum absolute atomic E-state index is 0.0386. The normalized spacial score (nSPS) is 12.2. The third-order valence-electron chi connectivity index (χ3n) is 3.23. The molecule has 0 spiro atoms. The lowest BCUT2D eigenvalue weighted by molar-refractivity contribution is 0.463. The van der Waals surface area contributed by atoms with Crippen LogP contribution in [0.25, 0.3) is 0 Å². The molecular weight excluding hydrogens is 241 g/mol. The highest BCUT2D eigenvalue weighted by Crippen LogP contribution is 2.29. The van der Waals surface area contributed by atoms with Crippen molar-refractivity contribution in [3.05, 3.63) is 59.4 Å². The molecule has 1 atom stereocenters. The Morgan fingerprint density at radius 1 is 1.21 bits per heavy atom. The summed E-state index contributed by atoms with van der Waals surface area (Å²) in [6.07, 6.45) is 0.799. The summed E-state index contributed by atoms with van der Waals surface area (Å²) in [5.74, 6) is 0.0339. The molecule has 0 radical (unpaired) electrons. The van der Waals surface area contributed by atoms with E-state index in [2.05, 4.69) is 5.32 Å². The number of nitrogens with one attached hydrogen (secondary N) is 1. The van der Waals surface area contributed by atoms with Crippen LogP contribution in [-0.4, -0.2) is 5.11 Å². The van der Waals surface area contributed by atoms with Crippen molar-refractivity contribution in [1.29, 1.82) is 0 Å². The topological polar surface area (TPSA) is 32.3 Å². The van der Waals surface area contributed by atoms with E-state index in [4.69, 9.17) is 0 Å². The van der Waals surface area contributed by atoms with Crippen LogP contribution in [0.3, 0.4) is 0 Å². The Kier molecular flexibility index (Phi) is 4.05. The van der Waals surface area contributed by atoms with Gasteiger partial charge in [0.1, 0.15) is 11.6 Å². The Bertz CT molecular complexity index is 568. The second-order valence-corrected chi connectivity index (χ2v) is 4.63. The molecule has 19 heavy (non-hydrogen) atoms. The van der Waals surface area contributed by atoms with Crippen molar-refractivity contribution in [3.8, 4) is 5.75 Å². The van der Waals surface area contributed by atoms with Gasteiger partial charge in [-0.15, -0.1) is 0 Å². The molecule has 0 amide bonds. The molecule has 0 aromatic heterocycles. The number of aromatic hydroxyl groups is 1. The van der Waals surface area contributed by atoms with Crippen LogP contribution in [0.15, 0.2) is 42.5 Å². The van der Waals surface area contributed by atoms with Gasteiger partial charge >= 0.3 is 0 Å². The van der Waals surface area contributed by atoms with Crippen molar-refractivity contribution < 1.29 is 9.50 Å². The van der Waals surface area contributed by atoms with Gasteiger partial charge in [0.15, 0.2) is 0 Å². The number of hydrogen-bond donors (Lipinski definition) is 2. The number of aryl methyl sites for hydroxylation is 1. The molecule has 0 fully saturated rings. The monoisotopic (exact) mass is 259 g/mol. The second kappa shape index (κ2) is 5.74. The lowest BCUT2D eigenvalue weighted by Gasteiger charge is -2.20. The minimum atomic E-state index is -0.225. The Morgan fingerprint density at radius 3 is 2.58 bits per heavy atom. The van der Waals surface area contributed by atoms with Crippen molar-refractivity contribution in [1.82, 2.24) is 0 Å². The summed E-state index contributed by atoms with van der Waals surface area (Å²) in [5.41, 5.74) is 2.17. The number of rotatable bonds is 4. The number of phenols is 1. The lowest BCUT2D eigenvalue weighted by atomic mass is 10.0. The molecule has 0 saturated heterocycles. The molecule has 2 rings (SSSR count). The zero-order valence-electron chi connectivity index (χ0n) is 11.2. The molecule has 0 aliphatic heterocycles. The zero-order chi connectivity index (χ0) is 13.8. The molecule has 100 valence electrons. The Hall–Kier alpha value is -2.03. The van der Waals surface area contributed by atoms with Crippen LogP contribution in [-0.2, 0) is 0 Å². The predicted molar refractivity (Wildman–Crippen MR) is 75.9 cm³/mol. The number of anilines is 1. The Morgan fingerprint density at radius 2 is 1.95 bits per heavy atom. The summed E-state index contributed by atoms with van der Waals surface area (Å²) in [6.45, 7) is 3.76. The highest BCUT2D eigenvalue weighted by molar-refractivity contribution is 5.49. The molecule has 0 bridgehead atoms. The second-order valence-electron chi connectivity index (χ2n) is 4.63. The molecule has 2 N–H and O–H groups in total. The fourth-order valence-electron chi connectivity index (χ4n) is 2.07. The number of hydrogen-bond acceptors (Lipinski definition) is 2. The van der Waals surface area contributed by atoms with Gasteiger partial charge in [-0.2, -0.15) is 0 Å². The van der Waals surface area contributed by atoms with E-state index < -0.39 is 0 Å². The summed E-state index contributed by atoms with van der Waals surface area (Å²) >= 11 is 0. The van der Waals surface area contributed by atoms with Crippen LogP contribution in [0.2, 0.25) is 0 Å². The summed E-state index contributed by atoms with van der Waals surface area (Å²) in [4.78, 5) is 0. The van der Waals surface area contributed by atoms with Gasteiger partial charge in [-0.3, -0.25) is 0 Å². The van der Waals surface area contributed by atoms with Gasteiger partial charge in [0, 0.05) is 11.3 Å². The van der Waals surface area contributed by atoms with Gasteiger partial charge in [0.05, 0.1) is 6.04 Å². The number of halogens is 1. The summed E-state index contributed by atoms with van der Waals surface area (Å²) in [6, 6.07) is 12.3. The minimum Gasteiger partial charge on any atom is -0.508 e. The van der Waals surface area contributed by atoms with Crippen molar-refractivity contribution >= 4 is 5.69 Å². The van der Waals surface area contributed by atoms with Crippen LogP contribution in [0.4, 0.5) is 10.1 Å². The number of benzene rings is 2. The molecule has 0 saturated carbocycles. The van der Waals surface area contributed by atoms with Gasteiger partial charge < -0.3 is 10.4 Å². The van der Waals surface area contributed by atoms with E-state index in [1.807, 2.05) is 25.1 Å². The Balaban J connectivity index is 2.24. The predicted octanol–water partition coefficient (Wildman–Crippen LogP) is 4.40. The van der Waals surface area contributed by atoms with Crippen LogP contribution < -0.4 is 5.32 Å². The maximum absolute atomic E-state index is 13.5. The third-order valence-corrected chi connectivity index (χ3v) is 3.23. The Labute approximate surface area is 112 Å². The molecule has 2 nitrogen and oxygen atoms in total. The highest BCUT2D eigenvalue weighted by Gasteiger charge is 2.13. The SMILES string of the molecule is CCC(Nc1ccc(C)c(F)c1)c1ccccc1O. The standard InChI is InChI=1S/C16H18FNO/c1-3-15(13-6-4-5-7-16(13)19)18-12-9-8-11(2)14(17)10-12/h4-10,15,18-19H,3H2,1-2H3. The molecule has 2 aromatic rings. The smallest absolute Gasteiger partial charge is 0.128 e. The zero-order valence-corrected chi connectivity index (χ0v) is 11.2. The largest absolute Gasteiger partial charge is 0.508 e. The van der Waals surface area contributed by atoms with E-state index in [0.29, 0.717) is 5.56 Å². The maximum atomic E-state index is 13.5. The average molecular weight is 259 g/mol. The van der Waals surface area contributed by atoms with E-state index in [-0.39, 0.29) is 17.6 Å². The maximum Gasteiger partial charge on any atom is 0.128 e. The summed E-state index contributed by atoms with van der Waals surface area (Å²) in [5, 5.41) is 13.1. The first-order valence-electron chi connectivity index (χ1n) is 6.42. The lowest BCUT2D eigenvalue weighted by Crippen LogP contribution is -2.10. The fraction of sp³-hybridized carbons (Fsp3) is 0.250. The third kappa shape index (κ3) is 3.05. The molecule has 0 heterocycles. The van der Waals surface area contributed by atoms with Crippen molar-refractivity contribution in [2.24, 2.45) is 0 Å². The van der Waals surface area contributed by atoms with E-state index in [1.54, 1.807) is 25.1 Å². The van der Waals surface area contributed by atoms with E-state index in [1.165, 1.54) is 6.07 Å². The van der Waals surface area contributed by atoms with Gasteiger partial charge in [-0.05, 0) is 37.1 Å². The summed E-state index contributed by atoms with van der Waals surface area (Å²) in [7, 11) is 0. The molecule has 1 unspecified atom stereocenters. The van der Waals surface area contributed by atoms with Crippen molar-refractivity contribution in [2.45, 2.75) is 26.3 Å². The highest BCUT2D eigenvalue weighted by atomic mass is 19.1. The molecule has 3 heteroatoms. The van der Waals surface area contributed by atoms with Crippen molar-refractivity contribution in [3.63, 3.8) is 0 Å². The van der Waals surface area contributed by atoms with Crippen molar-refractivity contribution in [2.75, 3.05) is 5.32 Å². The van der Waals surface area contributed by atoms with Crippen LogP contribution in [0.1, 0.15) is 30.5 Å². The first kappa shape index (κ1) is 13.4. The first-order valence-corrected chi connectivity index (χ1v) is 6.42.